The molecule has 8 heteroatoms. The Balaban J connectivity index is 3.91. The number of carbonyl (C=O) groups excluding carboxylic acids is 3. The monoisotopic (exact) mass is 260 g/mol. The van der Waals surface area contributed by atoms with Crippen molar-refractivity contribution >= 4 is 17.7 Å². The molecule has 104 valence electrons. The van der Waals surface area contributed by atoms with Crippen LogP contribution in [0.5, 0.6) is 0 Å². The van der Waals surface area contributed by atoms with Crippen LogP contribution < -0.4 is 22.1 Å². The van der Waals surface area contributed by atoms with Crippen molar-refractivity contribution < 1.29 is 19.5 Å². The zero-order valence-corrected chi connectivity index (χ0v) is 10.5. The quantitative estimate of drug-likeness (QED) is 0.332. The molecule has 1 unspecified atom stereocenters. The number of amides is 3. The van der Waals surface area contributed by atoms with Gasteiger partial charge in [0, 0.05) is 0 Å². The van der Waals surface area contributed by atoms with Crippen molar-refractivity contribution in [2.75, 3.05) is 13.1 Å². The van der Waals surface area contributed by atoms with E-state index in [9.17, 15) is 14.4 Å². The van der Waals surface area contributed by atoms with Crippen LogP contribution in [0.1, 0.15) is 13.8 Å². The second kappa shape index (κ2) is 7.62. The molecule has 0 aliphatic heterocycles. The number of primary amides is 1. The summed E-state index contributed by atoms with van der Waals surface area (Å²) in [7, 11) is 0. The molecule has 2 atom stereocenters. The lowest BCUT2D eigenvalue weighted by atomic mass is 10.1. The van der Waals surface area contributed by atoms with E-state index in [1.165, 1.54) is 0 Å². The van der Waals surface area contributed by atoms with Crippen LogP contribution in [0.3, 0.4) is 0 Å². The van der Waals surface area contributed by atoms with Gasteiger partial charge in [0.05, 0.1) is 19.1 Å². The van der Waals surface area contributed by atoms with Crippen LogP contribution in [-0.4, -0.2) is 48.1 Å². The molecule has 0 aromatic heterocycles. The molecule has 0 bridgehead atoms. The van der Waals surface area contributed by atoms with E-state index in [1.54, 1.807) is 13.8 Å². The van der Waals surface area contributed by atoms with Crippen molar-refractivity contribution in [3.63, 3.8) is 0 Å². The minimum absolute atomic E-state index is 0.0373. The van der Waals surface area contributed by atoms with E-state index in [0.29, 0.717) is 0 Å². The highest BCUT2D eigenvalue weighted by molar-refractivity contribution is 5.87. The second-order valence-electron chi connectivity index (χ2n) is 4.21. The van der Waals surface area contributed by atoms with Gasteiger partial charge >= 0.3 is 0 Å². The molecule has 0 saturated carbocycles. The van der Waals surface area contributed by atoms with Crippen LogP contribution in [0, 0.1) is 5.92 Å². The van der Waals surface area contributed by atoms with Gasteiger partial charge in [0.15, 0.2) is 0 Å². The number of aliphatic hydroxyl groups excluding tert-OH is 1. The summed E-state index contributed by atoms with van der Waals surface area (Å²) in [5, 5.41) is 13.6. The first kappa shape index (κ1) is 16.3. The fraction of sp³-hybridized carbons (Fsp3) is 0.700. The normalized spacial score (nSPS) is 13.8. The molecule has 0 aromatic carbocycles. The zero-order chi connectivity index (χ0) is 14.3. The SMILES string of the molecule is CC(C)[C@H](N)C(=O)NCC(=O)NCC(O)C(N)=O. The van der Waals surface area contributed by atoms with Gasteiger partial charge in [-0.2, -0.15) is 0 Å². The summed E-state index contributed by atoms with van der Waals surface area (Å²) < 4.78 is 0. The minimum atomic E-state index is -1.44. The largest absolute Gasteiger partial charge is 0.381 e. The van der Waals surface area contributed by atoms with E-state index in [-0.39, 0.29) is 19.0 Å². The molecule has 0 saturated heterocycles. The Kier molecular flexibility index (Phi) is 6.91. The summed E-state index contributed by atoms with van der Waals surface area (Å²) in [4.78, 5) is 33.1. The van der Waals surface area contributed by atoms with Gasteiger partial charge in [-0.3, -0.25) is 14.4 Å². The molecular formula is C10H20N4O4. The molecular weight excluding hydrogens is 240 g/mol. The number of hydrogen-bond acceptors (Lipinski definition) is 5. The summed E-state index contributed by atoms with van der Waals surface area (Å²) in [5.74, 6) is -1.94. The van der Waals surface area contributed by atoms with Crippen molar-refractivity contribution in [1.29, 1.82) is 0 Å². The molecule has 0 spiro atoms. The number of nitrogens with two attached hydrogens (primary N) is 2. The fourth-order valence-corrected chi connectivity index (χ4v) is 0.962. The van der Waals surface area contributed by atoms with Gasteiger partial charge in [-0.15, -0.1) is 0 Å². The summed E-state index contributed by atoms with van der Waals surface area (Å²) in [6, 6.07) is -0.686. The Labute approximate surface area is 105 Å². The first-order valence-corrected chi connectivity index (χ1v) is 5.53. The van der Waals surface area contributed by atoms with Crippen LogP contribution in [0.15, 0.2) is 0 Å². The van der Waals surface area contributed by atoms with Crippen LogP contribution in [-0.2, 0) is 14.4 Å². The topological polar surface area (TPSA) is 148 Å². The number of aliphatic hydroxyl groups is 1. The molecule has 3 amide bonds. The van der Waals surface area contributed by atoms with Gasteiger partial charge < -0.3 is 27.2 Å². The molecule has 0 rings (SSSR count). The minimum Gasteiger partial charge on any atom is -0.381 e. The third-order valence-electron chi connectivity index (χ3n) is 2.27. The lowest BCUT2D eigenvalue weighted by Crippen LogP contribution is -2.48. The van der Waals surface area contributed by atoms with Crippen molar-refractivity contribution in [1.82, 2.24) is 10.6 Å². The second-order valence-corrected chi connectivity index (χ2v) is 4.21. The van der Waals surface area contributed by atoms with Gasteiger partial charge in [-0.05, 0) is 5.92 Å². The lowest BCUT2D eigenvalue weighted by molar-refractivity contribution is -0.129. The summed E-state index contributed by atoms with van der Waals surface area (Å²) in [6.45, 7) is 3.01. The van der Waals surface area contributed by atoms with Crippen LogP contribution in [0.25, 0.3) is 0 Å². The summed E-state index contributed by atoms with van der Waals surface area (Å²) in [6.07, 6.45) is -1.44. The standard InChI is InChI=1S/C10H20N4O4/c1-5(2)8(11)10(18)14-4-7(16)13-3-6(15)9(12)17/h5-6,8,15H,3-4,11H2,1-2H3,(H2,12,17)(H,13,16)(H,14,18)/t6?,8-/m0/s1. The smallest absolute Gasteiger partial charge is 0.248 e. The maximum absolute atomic E-state index is 11.4. The van der Waals surface area contributed by atoms with Gasteiger partial charge in [0.1, 0.15) is 6.10 Å². The van der Waals surface area contributed by atoms with Crippen LogP contribution in [0.2, 0.25) is 0 Å². The Bertz CT molecular complexity index is 319. The summed E-state index contributed by atoms with van der Waals surface area (Å²) in [5.41, 5.74) is 10.4. The summed E-state index contributed by atoms with van der Waals surface area (Å²) >= 11 is 0. The maximum Gasteiger partial charge on any atom is 0.248 e. The molecule has 0 fully saturated rings. The van der Waals surface area contributed by atoms with E-state index in [4.69, 9.17) is 16.6 Å². The number of nitrogens with one attached hydrogen (secondary N) is 2. The average molecular weight is 260 g/mol. The molecule has 0 aliphatic carbocycles. The first-order chi connectivity index (χ1) is 8.25. The van der Waals surface area contributed by atoms with Gasteiger partial charge in [0.25, 0.3) is 0 Å². The van der Waals surface area contributed by atoms with Crippen molar-refractivity contribution in [2.45, 2.75) is 26.0 Å². The van der Waals surface area contributed by atoms with Crippen LogP contribution >= 0.6 is 0 Å². The third kappa shape index (κ3) is 6.16. The highest BCUT2D eigenvalue weighted by Gasteiger charge is 2.18. The van der Waals surface area contributed by atoms with Crippen molar-refractivity contribution in [2.24, 2.45) is 17.4 Å². The molecule has 0 aliphatic rings. The Morgan fingerprint density at radius 3 is 2.22 bits per heavy atom. The van der Waals surface area contributed by atoms with E-state index in [1.807, 2.05) is 0 Å². The highest BCUT2D eigenvalue weighted by atomic mass is 16.3. The lowest BCUT2D eigenvalue weighted by Gasteiger charge is -2.15. The van der Waals surface area contributed by atoms with Crippen molar-refractivity contribution in [3.8, 4) is 0 Å². The van der Waals surface area contributed by atoms with Gasteiger partial charge in [-0.25, -0.2) is 0 Å². The number of carbonyl (C=O) groups is 3. The third-order valence-corrected chi connectivity index (χ3v) is 2.27. The fourth-order valence-electron chi connectivity index (χ4n) is 0.962. The highest BCUT2D eigenvalue weighted by Crippen LogP contribution is 1.97. The van der Waals surface area contributed by atoms with Crippen LogP contribution in [0.4, 0.5) is 0 Å². The average Bonchev–Trinajstić information content (AvgIpc) is 2.31. The molecule has 0 heterocycles. The Morgan fingerprint density at radius 1 is 1.22 bits per heavy atom. The Hall–Kier alpha value is -1.67. The zero-order valence-electron chi connectivity index (χ0n) is 10.5. The molecule has 0 radical (unpaired) electrons. The molecule has 7 N–H and O–H groups in total. The maximum atomic E-state index is 11.4. The van der Waals surface area contributed by atoms with Gasteiger partial charge in [-0.1, -0.05) is 13.8 Å². The van der Waals surface area contributed by atoms with E-state index < -0.39 is 29.9 Å². The van der Waals surface area contributed by atoms with E-state index in [0.717, 1.165) is 0 Å². The van der Waals surface area contributed by atoms with E-state index >= 15 is 0 Å². The Morgan fingerprint density at radius 2 is 1.78 bits per heavy atom. The molecule has 0 aromatic rings. The number of rotatable bonds is 7. The van der Waals surface area contributed by atoms with Gasteiger partial charge in [0.2, 0.25) is 17.7 Å². The molecule has 8 nitrogen and oxygen atoms in total. The first-order valence-electron chi connectivity index (χ1n) is 5.53. The van der Waals surface area contributed by atoms with E-state index in [2.05, 4.69) is 10.6 Å². The predicted molar refractivity (Wildman–Crippen MR) is 64.0 cm³/mol. The number of hydrogen-bond donors (Lipinski definition) is 5. The van der Waals surface area contributed by atoms with Crippen molar-refractivity contribution in [3.05, 3.63) is 0 Å². The predicted octanol–water partition coefficient (Wildman–Crippen LogP) is -2.95. The molecule has 18 heavy (non-hydrogen) atoms.